The zero-order chi connectivity index (χ0) is 18.0. The molecule has 0 aromatic heterocycles. The number of aryl methyl sites for hydroxylation is 1. The Bertz CT molecular complexity index is 891. The van der Waals surface area contributed by atoms with Crippen LogP contribution in [0.15, 0.2) is 53.4 Å². The number of nitro benzene ring substituents is 1. The van der Waals surface area contributed by atoms with E-state index in [1.165, 1.54) is 23.9 Å². The number of rotatable bonds is 4. The van der Waals surface area contributed by atoms with E-state index in [4.69, 9.17) is 12.2 Å². The zero-order valence-electron chi connectivity index (χ0n) is 13.3. The summed E-state index contributed by atoms with van der Waals surface area (Å²) in [6.45, 7) is 2.42. The number of carbonyl (C=O) groups is 1. The summed E-state index contributed by atoms with van der Waals surface area (Å²) in [5.74, 6) is -0.179. The summed E-state index contributed by atoms with van der Waals surface area (Å²) in [4.78, 5) is 25.1. The third-order valence-electron chi connectivity index (χ3n) is 3.71. The predicted molar refractivity (Wildman–Crippen MR) is 103 cm³/mol. The van der Waals surface area contributed by atoms with Crippen LogP contribution in [0.1, 0.15) is 16.7 Å². The molecule has 25 heavy (non-hydrogen) atoms. The van der Waals surface area contributed by atoms with Crippen molar-refractivity contribution in [2.75, 3.05) is 0 Å². The summed E-state index contributed by atoms with van der Waals surface area (Å²) in [5.41, 5.74) is 2.74. The molecule has 2 aromatic rings. The van der Waals surface area contributed by atoms with Crippen molar-refractivity contribution in [3.63, 3.8) is 0 Å². The number of carbonyl (C=O) groups excluding carboxylic acids is 1. The Morgan fingerprint density at radius 1 is 1.24 bits per heavy atom. The van der Waals surface area contributed by atoms with Crippen LogP contribution in [0.5, 0.6) is 0 Å². The smallest absolute Gasteiger partial charge is 0.270 e. The highest BCUT2D eigenvalue weighted by molar-refractivity contribution is 8.26. The van der Waals surface area contributed by atoms with Crippen LogP contribution in [0.25, 0.3) is 6.08 Å². The fourth-order valence-corrected chi connectivity index (χ4v) is 3.65. The second-order valence-corrected chi connectivity index (χ2v) is 7.28. The van der Waals surface area contributed by atoms with E-state index >= 15 is 0 Å². The van der Waals surface area contributed by atoms with Crippen LogP contribution in [0.2, 0.25) is 0 Å². The van der Waals surface area contributed by atoms with Gasteiger partial charge in [-0.3, -0.25) is 19.8 Å². The molecule has 0 bridgehead atoms. The Labute approximate surface area is 154 Å². The monoisotopic (exact) mass is 370 g/mol. The summed E-state index contributed by atoms with van der Waals surface area (Å²) < 4.78 is 0.488. The first kappa shape index (κ1) is 17.3. The number of hydrogen-bond acceptors (Lipinski definition) is 5. The largest absolute Gasteiger partial charge is 0.288 e. The van der Waals surface area contributed by atoms with Crippen molar-refractivity contribution in [3.8, 4) is 0 Å². The molecule has 1 heterocycles. The standard InChI is InChI=1S/C18H14N2O3S2/c1-12-5-7-13(8-6-12)11-19-17(21)16(25-18(19)24)10-14-3-2-4-15(9-14)20(22)23/h2-10H,11H2,1H3. The molecule has 0 saturated carbocycles. The van der Waals surface area contributed by atoms with Gasteiger partial charge >= 0.3 is 0 Å². The molecule has 2 aromatic carbocycles. The Balaban J connectivity index is 1.82. The summed E-state index contributed by atoms with van der Waals surface area (Å²) in [7, 11) is 0. The molecule has 1 fully saturated rings. The quantitative estimate of drug-likeness (QED) is 0.347. The van der Waals surface area contributed by atoms with Gasteiger partial charge < -0.3 is 0 Å². The average Bonchev–Trinajstić information content (AvgIpc) is 2.84. The van der Waals surface area contributed by atoms with Crippen molar-refractivity contribution in [1.29, 1.82) is 0 Å². The lowest BCUT2D eigenvalue weighted by Crippen LogP contribution is -2.27. The maximum atomic E-state index is 12.6. The van der Waals surface area contributed by atoms with E-state index in [2.05, 4.69) is 0 Å². The van der Waals surface area contributed by atoms with E-state index < -0.39 is 4.92 Å². The van der Waals surface area contributed by atoms with Crippen LogP contribution in [-0.2, 0) is 11.3 Å². The second-order valence-electron chi connectivity index (χ2n) is 5.61. The van der Waals surface area contributed by atoms with Crippen molar-refractivity contribution in [2.45, 2.75) is 13.5 Å². The van der Waals surface area contributed by atoms with Crippen LogP contribution in [-0.4, -0.2) is 20.1 Å². The molecule has 126 valence electrons. The SMILES string of the molecule is Cc1ccc(CN2C(=O)C(=Cc3cccc([N+](=O)[O-])c3)SC2=S)cc1. The van der Waals surface area contributed by atoms with E-state index in [1.54, 1.807) is 23.1 Å². The molecule has 0 unspecified atom stereocenters. The minimum atomic E-state index is -0.458. The Morgan fingerprint density at radius 2 is 1.96 bits per heavy atom. The Morgan fingerprint density at radius 3 is 2.64 bits per heavy atom. The fraction of sp³-hybridized carbons (Fsp3) is 0.111. The van der Waals surface area contributed by atoms with Crippen LogP contribution in [0.4, 0.5) is 5.69 Å². The van der Waals surface area contributed by atoms with E-state index in [0.29, 0.717) is 21.3 Å². The van der Waals surface area contributed by atoms with Crippen LogP contribution in [0.3, 0.4) is 0 Å². The number of thiocarbonyl (C=S) groups is 1. The summed E-state index contributed by atoms with van der Waals surface area (Å²) in [5, 5.41) is 10.9. The third-order valence-corrected chi connectivity index (χ3v) is 5.09. The molecule has 0 spiro atoms. The average molecular weight is 370 g/mol. The van der Waals surface area contributed by atoms with Crippen molar-refractivity contribution >= 4 is 46.0 Å². The summed E-state index contributed by atoms with van der Waals surface area (Å²) in [6.07, 6.45) is 1.64. The third kappa shape index (κ3) is 3.94. The first-order chi connectivity index (χ1) is 11.9. The van der Waals surface area contributed by atoms with E-state index in [9.17, 15) is 14.9 Å². The first-order valence-electron chi connectivity index (χ1n) is 7.49. The van der Waals surface area contributed by atoms with Gasteiger partial charge in [0.25, 0.3) is 11.6 Å². The molecular weight excluding hydrogens is 356 g/mol. The molecule has 1 aliphatic rings. The summed E-state index contributed by atoms with van der Waals surface area (Å²) in [6, 6.07) is 14.1. The highest BCUT2D eigenvalue weighted by Gasteiger charge is 2.32. The molecule has 0 aliphatic carbocycles. The van der Waals surface area contributed by atoms with E-state index in [0.717, 1.165) is 11.1 Å². The van der Waals surface area contributed by atoms with Gasteiger partial charge in [0, 0.05) is 12.1 Å². The van der Waals surface area contributed by atoms with Gasteiger partial charge in [0.1, 0.15) is 4.32 Å². The van der Waals surface area contributed by atoms with Gasteiger partial charge in [0.2, 0.25) is 0 Å². The number of amides is 1. The number of nitrogens with zero attached hydrogens (tertiary/aromatic N) is 2. The number of hydrogen-bond donors (Lipinski definition) is 0. The van der Waals surface area contributed by atoms with Crippen LogP contribution < -0.4 is 0 Å². The van der Waals surface area contributed by atoms with Crippen molar-refractivity contribution in [3.05, 3.63) is 80.2 Å². The number of non-ortho nitro benzene ring substituents is 1. The van der Waals surface area contributed by atoms with Gasteiger partial charge in [0.05, 0.1) is 16.4 Å². The van der Waals surface area contributed by atoms with E-state index in [-0.39, 0.29) is 11.6 Å². The fourth-order valence-electron chi connectivity index (χ4n) is 2.39. The molecule has 1 aliphatic heterocycles. The lowest BCUT2D eigenvalue weighted by atomic mass is 10.1. The van der Waals surface area contributed by atoms with E-state index in [1.807, 2.05) is 31.2 Å². The first-order valence-corrected chi connectivity index (χ1v) is 8.72. The minimum Gasteiger partial charge on any atom is -0.288 e. The van der Waals surface area contributed by atoms with Gasteiger partial charge in [-0.25, -0.2) is 0 Å². The highest BCUT2D eigenvalue weighted by atomic mass is 32.2. The maximum Gasteiger partial charge on any atom is 0.270 e. The topological polar surface area (TPSA) is 63.5 Å². The molecule has 5 nitrogen and oxygen atoms in total. The van der Waals surface area contributed by atoms with Crippen molar-refractivity contribution < 1.29 is 9.72 Å². The molecule has 0 atom stereocenters. The van der Waals surface area contributed by atoms with Gasteiger partial charge in [-0.15, -0.1) is 0 Å². The van der Waals surface area contributed by atoms with Gasteiger partial charge in [-0.1, -0.05) is 65.9 Å². The number of benzene rings is 2. The summed E-state index contributed by atoms with van der Waals surface area (Å²) >= 11 is 6.53. The van der Waals surface area contributed by atoms with Gasteiger partial charge in [-0.05, 0) is 24.1 Å². The molecule has 7 heteroatoms. The molecular formula is C18H14N2O3S2. The van der Waals surface area contributed by atoms with Crippen molar-refractivity contribution in [1.82, 2.24) is 4.90 Å². The highest BCUT2D eigenvalue weighted by Crippen LogP contribution is 2.34. The maximum absolute atomic E-state index is 12.6. The molecule has 1 saturated heterocycles. The predicted octanol–water partition coefficient (Wildman–Crippen LogP) is 4.30. The normalized spacial score (nSPS) is 15.9. The minimum absolute atomic E-state index is 0.0103. The van der Waals surface area contributed by atoms with Gasteiger partial charge in [0.15, 0.2) is 0 Å². The molecule has 3 rings (SSSR count). The van der Waals surface area contributed by atoms with Crippen molar-refractivity contribution in [2.24, 2.45) is 0 Å². The molecule has 0 N–H and O–H groups in total. The molecule has 1 amide bonds. The second kappa shape index (κ2) is 7.16. The van der Waals surface area contributed by atoms with Crippen LogP contribution >= 0.6 is 24.0 Å². The lowest BCUT2D eigenvalue weighted by molar-refractivity contribution is -0.384. The molecule has 0 radical (unpaired) electrons. The Kier molecular flexibility index (Phi) is 4.96. The number of thioether (sulfide) groups is 1. The Hall–Kier alpha value is -2.51. The van der Waals surface area contributed by atoms with Crippen LogP contribution in [0, 0.1) is 17.0 Å². The zero-order valence-corrected chi connectivity index (χ0v) is 15.0. The number of nitro groups is 1. The van der Waals surface area contributed by atoms with Gasteiger partial charge in [-0.2, -0.15) is 0 Å². The lowest BCUT2D eigenvalue weighted by Gasteiger charge is -2.14.